The topological polar surface area (TPSA) is 57.7 Å². The molecule has 112 valence electrons. The van der Waals surface area contributed by atoms with Crippen LogP contribution in [0.25, 0.3) is 0 Å². The number of ketones is 1. The number of Topliss-reactive ketones (excluding diaryl/α,β-unsaturated/α-hetero) is 1. The Morgan fingerprint density at radius 2 is 1.71 bits per heavy atom. The Morgan fingerprint density at radius 1 is 1.14 bits per heavy atom. The van der Waals surface area contributed by atoms with Crippen LogP contribution in [0.2, 0.25) is 0 Å². The minimum Gasteiger partial charge on any atom is -0.342 e. The van der Waals surface area contributed by atoms with E-state index in [1.54, 1.807) is 13.8 Å². The molecule has 0 fully saturated rings. The van der Waals surface area contributed by atoms with Gasteiger partial charge in [-0.3, -0.25) is 19.3 Å². The van der Waals surface area contributed by atoms with Gasteiger partial charge in [-0.15, -0.1) is 0 Å². The monoisotopic (exact) mass is 296 g/mol. The molecule has 1 aromatic carbocycles. The first-order valence-corrected chi connectivity index (χ1v) is 6.54. The molecule has 21 heavy (non-hydrogen) atoms. The summed E-state index contributed by atoms with van der Waals surface area (Å²) in [7, 11) is 0. The fourth-order valence-corrected chi connectivity index (χ4v) is 2.31. The number of benzene rings is 1. The number of carbonyl (C=O) groups excluding carboxylic acids is 3. The van der Waals surface area contributed by atoms with Crippen molar-refractivity contribution in [2.24, 2.45) is 0 Å². The number of fused-ring (bicyclic) bond motifs is 1. The Bertz CT molecular complexity index is 627. The molecule has 0 radical (unpaired) electrons. The van der Waals surface area contributed by atoms with Gasteiger partial charge in [0.2, 0.25) is 5.91 Å². The standard InChI is InChI=1S/C14H14F2N2O3/c1-3-17(4-2)10(19)7-18-12-9(16)6-5-8(15)11(12)13(20)14(18)21/h5-6H,3-4,7H2,1-2H3. The van der Waals surface area contributed by atoms with E-state index < -0.39 is 47.0 Å². The average Bonchev–Trinajstić information content (AvgIpc) is 2.70. The molecule has 0 atom stereocenters. The molecule has 1 aliphatic heterocycles. The summed E-state index contributed by atoms with van der Waals surface area (Å²) in [6.07, 6.45) is 0. The second-order valence-electron chi connectivity index (χ2n) is 4.54. The highest BCUT2D eigenvalue weighted by atomic mass is 19.1. The molecular formula is C14H14F2N2O3. The summed E-state index contributed by atoms with van der Waals surface area (Å²) >= 11 is 0. The molecule has 5 nitrogen and oxygen atoms in total. The first-order chi connectivity index (χ1) is 9.92. The van der Waals surface area contributed by atoms with E-state index in [0.717, 1.165) is 12.1 Å². The molecule has 1 aromatic rings. The van der Waals surface area contributed by atoms with E-state index >= 15 is 0 Å². The van der Waals surface area contributed by atoms with Crippen molar-refractivity contribution in [2.45, 2.75) is 13.8 Å². The van der Waals surface area contributed by atoms with E-state index in [-0.39, 0.29) is 0 Å². The quantitative estimate of drug-likeness (QED) is 0.788. The van der Waals surface area contributed by atoms with Crippen LogP contribution >= 0.6 is 0 Å². The molecule has 0 N–H and O–H groups in total. The summed E-state index contributed by atoms with van der Waals surface area (Å²) in [5.74, 6) is -4.53. The van der Waals surface area contributed by atoms with Crippen LogP contribution < -0.4 is 4.90 Å². The molecule has 0 aliphatic carbocycles. The molecule has 0 aromatic heterocycles. The normalized spacial score (nSPS) is 13.6. The molecule has 2 rings (SSSR count). The lowest BCUT2D eigenvalue weighted by molar-refractivity contribution is -0.130. The number of carbonyl (C=O) groups is 3. The van der Waals surface area contributed by atoms with Gasteiger partial charge in [-0.1, -0.05) is 0 Å². The van der Waals surface area contributed by atoms with Gasteiger partial charge in [0.05, 0.1) is 11.3 Å². The minimum atomic E-state index is -1.13. The number of nitrogens with zero attached hydrogens (tertiary/aromatic N) is 2. The third-order valence-electron chi connectivity index (χ3n) is 3.42. The van der Waals surface area contributed by atoms with Crippen molar-refractivity contribution in [1.29, 1.82) is 0 Å². The van der Waals surface area contributed by atoms with Crippen LogP contribution in [0.3, 0.4) is 0 Å². The molecule has 0 spiro atoms. The summed E-state index contributed by atoms with van der Waals surface area (Å²) in [6, 6.07) is 1.62. The zero-order chi connectivity index (χ0) is 15.7. The van der Waals surface area contributed by atoms with Crippen molar-refractivity contribution in [3.05, 3.63) is 29.3 Å². The Morgan fingerprint density at radius 3 is 2.29 bits per heavy atom. The second-order valence-corrected chi connectivity index (χ2v) is 4.54. The summed E-state index contributed by atoms with van der Waals surface area (Å²) in [5.41, 5.74) is -1.06. The van der Waals surface area contributed by atoms with E-state index in [2.05, 4.69) is 0 Å². The van der Waals surface area contributed by atoms with Gasteiger partial charge in [0.15, 0.2) is 0 Å². The lowest BCUT2D eigenvalue weighted by atomic mass is 10.1. The maximum absolute atomic E-state index is 13.8. The number of hydrogen-bond donors (Lipinski definition) is 0. The molecule has 1 heterocycles. The number of anilines is 1. The van der Waals surface area contributed by atoms with Crippen molar-refractivity contribution in [1.82, 2.24) is 4.90 Å². The highest BCUT2D eigenvalue weighted by Crippen LogP contribution is 2.33. The summed E-state index contributed by atoms with van der Waals surface area (Å²) in [4.78, 5) is 37.8. The first kappa shape index (κ1) is 15.1. The van der Waals surface area contributed by atoms with Gasteiger partial charge in [0, 0.05) is 13.1 Å². The largest absolute Gasteiger partial charge is 0.342 e. The minimum absolute atomic E-state index is 0.420. The molecular weight excluding hydrogens is 282 g/mol. The predicted molar refractivity (Wildman–Crippen MR) is 71.0 cm³/mol. The zero-order valence-corrected chi connectivity index (χ0v) is 11.7. The molecule has 7 heteroatoms. The molecule has 0 saturated heterocycles. The molecule has 2 amide bonds. The fraction of sp³-hybridized carbons (Fsp3) is 0.357. The molecule has 0 bridgehead atoms. The third-order valence-corrected chi connectivity index (χ3v) is 3.42. The van der Waals surface area contributed by atoms with Gasteiger partial charge in [-0.2, -0.15) is 0 Å². The highest BCUT2D eigenvalue weighted by molar-refractivity contribution is 6.52. The smallest absolute Gasteiger partial charge is 0.300 e. The van der Waals surface area contributed by atoms with Gasteiger partial charge >= 0.3 is 0 Å². The zero-order valence-electron chi connectivity index (χ0n) is 11.7. The van der Waals surface area contributed by atoms with Crippen molar-refractivity contribution in [3.8, 4) is 0 Å². The van der Waals surface area contributed by atoms with E-state index in [1.165, 1.54) is 4.90 Å². The third kappa shape index (κ3) is 2.39. The lowest BCUT2D eigenvalue weighted by Gasteiger charge is -2.23. The van der Waals surface area contributed by atoms with E-state index in [0.29, 0.717) is 18.0 Å². The number of amides is 2. The first-order valence-electron chi connectivity index (χ1n) is 6.54. The highest BCUT2D eigenvalue weighted by Gasteiger charge is 2.41. The number of halogens is 2. The van der Waals surface area contributed by atoms with Crippen molar-refractivity contribution >= 4 is 23.3 Å². The molecule has 0 unspecified atom stereocenters. The van der Waals surface area contributed by atoms with Crippen LogP contribution in [-0.2, 0) is 9.59 Å². The maximum atomic E-state index is 13.8. The van der Waals surface area contributed by atoms with Crippen LogP contribution in [-0.4, -0.2) is 42.1 Å². The molecule has 0 saturated carbocycles. The van der Waals surface area contributed by atoms with Crippen molar-refractivity contribution in [3.63, 3.8) is 0 Å². The van der Waals surface area contributed by atoms with Crippen LogP contribution in [0.15, 0.2) is 12.1 Å². The Labute approximate surface area is 120 Å². The maximum Gasteiger partial charge on any atom is 0.300 e. The average molecular weight is 296 g/mol. The van der Waals surface area contributed by atoms with Gasteiger partial charge < -0.3 is 4.90 Å². The fourth-order valence-electron chi connectivity index (χ4n) is 2.31. The van der Waals surface area contributed by atoms with E-state index in [1.807, 2.05) is 0 Å². The summed E-state index contributed by atoms with van der Waals surface area (Å²) in [6.45, 7) is 3.87. The summed E-state index contributed by atoms with van der Waals surface area (Å²) < 4.78 is 27.5. The van der Waals surface area contributed by atoms with E-state index in [4.69, 9.17) is 0 Å². The van der Waals surface area contributed by atoms with E-state index in [9.17, 15) is 23.2 Å². The van der Waals surface area contributed by atoms with Crippen molar-refractivity contribution < 1.29 is 23.2 Å². The lowest BCUT2D eigenvalue weighted by Crippen LogP contribution is -2.42. The van der Waals surface area contributed by atoms with Gasteiger partial charge in [-0.05, 0) is 26.0 Å². The van der Waals surface area contributed by atoms with Crippen LogP contribution in [0, 0.1) is 11.6 Å². The Balaban J connectivity index is 2.40. The van der Waals surface area contributed by atoms with Crippen LogP contribution in [0.1, 0.15) is 24.2 Å². The Hall–Kier alpha value is -2.31. The SMILES string of the molecule is CCN(CC)C(=O)CN1C(=O)C(=O)c2c(F)ccc(F)c21. The van der Waals surface area contributed by atoms with Crippen LogP contribution in [0.4, 0.5) is 14.5 Å². The van der Waals surface area contributed by atoms with Crippen molar-refractivity contribution in [2.75, 3.05) is 24.5 Å². The Kier molecular flexibility index (Phi) is 4.02. The van der Waals surface area contributed by atoms with Crippen LogP contribution in [0.5, 0.6) is 0 Å². The van der Waals surface area contributed by atoms with Gasteiger partial charge in [-0.25, -0.2) is 8.78 Å². The van der Waals surface area contributed by atoms with Gasteiger partial charge in [0.25, 0.3) is 11.7 Å². The second kappa shape index (κ2) is 5.59. The number of likely N-dealkylation sites (N-methyl/N-ethyl adjacent to an activating group) is 1. The number of hydrogen-bond acceptors (Lipinski definition) is 3. The number of rotatable bonds is 4. The summed E-state index contributed by atoms with van der Waals surface area (Å²) in [5, 5.41) is 0. The predicted octanol–water partition coefficient (Wildman–Crippen LogP) is 1.36. The molecule has 1 aliphatic rings. The van der Waals surface area contributed by atoms with Gasteiger partial charge in [0.1, 0.15) is 18.2 Å².